The zero-order valence-corrected chi connectivity index (χ0v) is 9.62. The first-order valence-electron chi connectivity index (χ1n) is 5.17. The fourth-order valence-corrected chi connectivity index (χ4v) is 1.53. The molecule has 0 amide bonds. The minimum Gasteiger partial charge on any atom is -0.307 e. The lowest BCUT2D eigenvalue weighted by molar-refractivity contribution is -0.385. The summed E-state index contributed by atoms with van der Waals surface area (Å²) in [6.45, 7) is 1.69. The molecule has 7 heteroatoms. The van der Waals surface area contributed by atoms with E-state index in [4.69, 9.17) is 5.84 Å². The number of nitro groups is 1. The zero-order chi connectivity index (χ0) is 13.1. The van der Waals surface area contributed by atoms with Crippen LogP contribution in [0.5, 0.6) is 0 Å². The van der Waals surface area contributed by atoms with Crippen LogP contribution in [0.15, 0.2) is 30.3 Å². The molecule has 0 fully saturated rings. The van der Waals surface area contributed by atoms with Crippen LogP contribution in [0.1, 0.15) is 5.56 Å². The van der Waals surface area contributed by atoms with Crippen molar-refractivity contribution in [3.63, 3.8) is 0 Å². The molecule has 0 bridgehead atoms. The van der Waals surface area contributed by atoms with Gasteiger partial charge in [0.05, 0.1) is 10.6 Å². The summed E-state index contributed by atoms with van der Waals surface area (Å²) in [5.41, 5.74) is 4.23. The summed E-state index contributed by atoms with van der Waals surface area (Å²) in [6, 6.07) is 8.27. The molecule has 0 radical (unpaired) electrons. The van der Waals surface area contributed by atoms with Crippen molar-refractivity contribution in [2.45, 2.75) is 6.92 Å². The average molecular weight is 245 g/mol. The first-order valence-corrected chi connectivity index (χ1v) is 5.17. The number of nitro benzene ring substituents is 1. The summed E-state index contributed by atoms with van der Waals surface area (Å²) in [6.07, 6.45) is 0. The smallest absolute Gasteiger partial charge is 0.272 e. The van der Waals surface area contributed by atoms with E-state index in [1.165, 1.54) is 6.07 Å². The number of nitrogen functional groups attached to an aromatic ring is 1. The summed E-state index contributed by atoms with van der Waals surface area (Å²) < 4.78 is 0. The Balaban J connectivity index is 2.44. The molecule has 1 aromatic carbocycles. The highest BCUT2D eigenvalue weighted by Crippen LogP contribution is 2.25. The van der Waals surface area contributed by atoms with Gasteiger partial charge in [0.15, 0.2) is 5.82 Å². The molecular formula is C11H11N5O2. The molecule has 2 aromatic rings. The van der Waals surface area contributed by atoms with E-state index in [0.717, 1.165) is 0 Å². The van der Waals surface area contributed by atoms with Gasteiger partial charge in [-0.05, 0) is 19.1 Å². The normalized spacial score (nSPS) is 10.1. The summed E-state index contributed by atoms with van der Waals surface area (Å²) in [7, 11) is 0. The Morgan fingerprint density at radius 1 is 1.28 bits per heavy atom. The van der Waals surface area contributed by atoms with Gasteiger partial charge in [0, 0.05) is 17.2 Å². The molecule has 1 aromatic heterocycles. The number of aromatic nitrogens is 2. The molecule has 92 valence electrons. The number of hydrazine groups is 1. The molecule has 0 aliphatic carbocycles. The van der Waals surface area contributed by atoms with Crippen molar-refractivity contribution < 1.29 is 4.92 Å². The maximum atomic E-state index is 10.8. The minimum atomic E-state index is -0.415. The van der Waals surface area contributed by atoms with Crippen molar-refractivity contribution >= 4 is 11.5 Å². The minimum absolute atomic E-state index is 0.0651. The van der Waals surface area contributed by atoms with Gasteiger partial charge in [-0.2, -0.15) is 0 Å². The summed E-state index contributed by atoms with van der Waals surface area (Å²) in [5.74, 6) is 5.61. The van der Waals surface area contributed by atoms with E-state index >= 15 is 0 Å². The molecule has 2 rings (SSSR count). The van der Waals surface area contributed by atoms with Gasteiger partial charge in [-0.15, -0.1) is 10.2 Å². The molecule has 0 aliphatic rings. The fraction of sp³-hybridized carbons (Fsp3) is 0.0909. The second-order valence-corrected chi connectivity index (χ2v) is 3.71. The second kappa shape index (κ2) is 4.76. The van der Waals surface area contributed by atoms with Gasteiger partial charge in [-0.25, -0.2) is 5.84 Å². The summed E-state index contributed by atoms with van der Waals surface area (Å²) >= 11 is 0. The van der Waals surface area contributed by atoms with Crippen LogP contribution < -0.4 is 11.3 Å². The topological polar surface area (TPSA) is 107 Å². The quantitative estimate of drug-likeness (QED) is 0.483. The van der Waals surface area contributed by atoms with Crippen LogP contribution in [-0.2, 0) is 0 Å². The Hall–Kier alpha value is -2.54. The third-order valence-electron chi connectivity index (χ3n) is 2.51. The third-order valence-corrected chi connectivity index (χ3v) is 2.51. The van der Waals surface area contributed by atoms with E-state index in [-0.39, 0.29) is 5.69 Å². The number of benzene rings is 1. The molecule has 0 saturated heterocycles. The molecule has 0 spiro atoms. The van der Waals surface area contributed by atoms with Crippen LogP contribution in [0.4, 0.5) is 11.5 Å². The lowest BCUT2D eigenvalue weighted by Crippen LogP contribution is -2.09. The number of nitrogens with one attached hydrogen (secondary N) is 1. The van der Waals surface area contributed by atoms with Crippen molar-refractivity contribution in [3.05, 3.63) is 46.0 Å². The SMILES string of the molecule is Cc1ccc(-c2ccc(NN)nn2)cc1[N+](=O)[O-]. The largest absolute Gasteiger partial charge is 0.307 e. The highest BCUT2D eigenvalue weighted by atomic mass is 16.6. The second-order valence-electron chi connectivity index (χ2n) is 3.71. The Kier molecular flexibility index (Phi) is 3.16. The van der Waals surface area contributed by atoms with Crippen LogP contribution in [0, 0.1) is 17.0 Å². The highest BCUT2D eigenvalue weighted by Gasteiger charge is 2.12. The lowest BCUT2D eigenvalue weighted by Gasteiger charge is -2.03. The standard InChI is InChI=1S/C11H11N5O2/c1-7-2-3-8(6-10(7)16(17)18)9-4-5-11(13-12)15-14-9/h2-6H,12H2,1H3,(H,13,15). The maximum absolute atomic E-state index is 10.8. The van der Waals surface area contributed by atoms with E-state index in [9.17, 15) is 10.1 Å². The fourth-order valence-electron chi connectivity index (χ4n) is 1.53. The average Bonchev–Trinajstić information content (AvgIpc) is 2.39. The van der Waals surface area contributed by atoms with Crippen molar-refractivity contribution in [1.82, 2.24) is 10.2 Å². The predicted molar refractivity (Wildman–Crippen MR) is 66.7 cm³/mol. The molecule has 7 nitrogen and oxygen atoms in total. The van der Waals surface area contributed by atoms with Crippen LogP contribution in [-0.4, -0.2) is 15.1 Å². The Morgan fingerprint density at radius 2 is 2.06 bits per heavy atom. The van der Waals surface area contributed by atoms with Gasteiger partial charge in [0.1, 0.15) is 0 Å². The maximum Gasteiger partial charge on any atom is 0.272 e. The van der Waals surface area contributed by atoms with Crippen LogP contribution in [0.3, 0.4) is 0 Å². The first-order chi connectivity index (χ1) is 8.61. The monoisotopic (exact) mass is 245 g/mol. The molecule has 0 aliphatic heterocycles. The number of hydrogen-bond acceptors (Lipinski definition) is 6. The molecular weight excluding hydrogens is 234 g/mol. The van der Waals surface area contributed by atoms with E-state index < -0.39 is 4.92 Å². The number of nitrogens with two attached hydrogens (primary N) is 1. The van der Waals surface area contributed by atoms with Gasteiger partial charge < -0.3 is 5.43 Å². The van der Waals surface area contributed by atoms with Gasteiger partial charge >= 0.3 is 0 Å². The Bertz CT molecular complexity index is 582. The number of hydrogen-bond donors (Lipinski definition) is 2. The summed E-state index contributed by atoms with van der Waals surface area (Å²) in [5, 5.41) is 18.6. The van der Waals surface area contributed by atoms with Crippen molar-refractivity contribution in [1.29, 1.82) is 0 Å². The van der Waals surface area contributed by atoms with Gasteiger partial charge in [0.25, 0.3) is 5.69 Å². The van der Waals surface area contributed by atoms with Crippen molar-refractivity contribution in [2.75, 3.05) is 5.43 Å². The number of aryl methyl sites for hydroxylation is 1. The molecule has 18 heavy (non-hydrogen) atoms. The number of anilines is 1. The van der Waals surface area contributed by atoms with Crippen LogP contribution in [0.25, 0.3) is 11.3 Å². The molecule has 0 unspecified atom stereocenters. The number of nitrogens with zero attached hydrogens (tertiary/aromatic N) is 3. The van der Waals surface area contributed by atoms with Crippen LogP contribution >= 0.6 is 0 Å². The van der Waals surface area contributed by atoms with Gasteiger partial charge in [-0.3, -0.25) is 10.1 Å². The zero-order valence-electron chi connectivity index (χ0n) is 9.62. The van der Waals surface area contributed by atoms with Gasteiger partial charge in [0.2, 0.25) is 0 Å². The molecule has 3 N–H and O–H groups in total. The van der Waals surface area contributed by atoms with E-state index in [0.29, 0.717) is 22.6 Å². The van der Waals surface area contributed by atoms with Crippen molar-refractivity contribution in [3.8, 4) is 11.3 Å². The Labute approximate surface area is 103 Å². The number of rotatable bonds is 3. The first kappa shape index (κ1) is 11.9. The molecule has 0 saturated carbocycles. The lowest BCUT2D eigenvalue weighted by atomic mass is 10.1. The van der Waals surface area contributed by atoms with E-state index in [2.05, 4.69) is 15.6 Å². The van der Waals surface area contributed by atoms with Crippen LogP contribution in [0.2, 0.25) is 0 Å². The van der Waals surface area contributed by atoms with E-state index in [1.54, 1.807) is 31.2 Å². The van der Waals surface area contributed by atoms with Gasteiger partial charge in [-0.1, -0.05) is 12.1 Å². The third kappa shape index (κ3) is 2.25. The molecule has 1 heterocycles. The summed E-state index contributed by atoms with van der Waals surface area (Å²) in [4.78, 5) is 10.4. The van der Waals surface area contributed by atoms with E-state index in [1.807, 2.05) is 0 Å². The predicted octanol–water partition coefficient (Wildman–Crippen LogP) is 1.65. The Morgan fingerprint density at radius 3 is 2.61 bits per heavy atom. The molecule has 0 atom stereocenters. The van der Waals surface area contributed by atoms with Crippen molar-refractivity contribution in [2.24, 2.45) is 5.84 Å². The highest BCUT2D eigenvalue weighted by molar-refractivity contribution is 5.64.